The maximum atomic E-state index is 13.2. The lowest BCUT2D eigenvalue weighted by Crippen LogP contribution is -2.55. The van der Waals surface area contributed by atoms with Crippen LogP contribution in [0.3, 0.4) is 0 Å². The molecule has 3 nitrogen and oxygen atoms in total. The predicted octanol–water partition coefficient (Wildman–Crippen LogP) is 3.26. The second kappa shape index (κ2) is 6.42. The Morgan fingerprint density at radius 1 is 1.15 bits per heavy atom. The van der Waals surface area contributed by atoms with E-state index in [1.807, 2.05) is 0 Å². The number of nitrogens with two attached hydrogens (primary N) is 1. The Morgan fingerprint density at radius 3 is 2.30 bits per heavy atom. The van der Waals surface area contributed by atoms with Gasteiger partial charge < -0.3 is 10.6 Å². The molecule has 2 N–H and O–H groups in total. The average molecular weight is 296 g/mol. The van der Waals surface area contributed by atoms with Crippen molar-refractivity contribution in [1.82, 2.24) is 4.90 Å². The Labute approximate surface area is 128 Å². The zero-order valence-electron chi connectivity index (χ0n) is 12.9. The van der Waals surface area contributed by atoms with E-state index in [1.54, 1.807) is 0 Å². The van der Waals surface area contributed by atoms with Gasteiger partial charge in [-0.15, -0.1) is 0 Å². The number of piperidine rings is 1. The van der Waals surface area contributed by atoms with Gasteiger partial charge in [-0.25, -0.2) is 0 Å². The van der Waals surface area contributed by atoms with Crippen molar-refractivity contribution in [2.24, 2.45) is 17.1 Å². The summed E-state index contributed by atoms with van der Waals surface area (Å²) in [5.41, 5.74) is 5.48. The number of thiocarbonyl (C=S) groups is 1. The van der Waals surface area contributed by atoms with Gasteiger partial charge in [-0.3, -0.25) is 4.79 Å². The molecular weight excluding hydrogens is 268 g/mol. The van der Waals surface area contributed by atoms with Crippen LogP contribution in [-0.4, -0.2) is 28.4 Å². The van der Waals surface area contributed by atoms with Crippen LogP contribution in [-0.2, 0) is 4.79 Å². The van der Waals surface area contributed by atoms with Gasteiger partial charge in [-0.05, 0) is 38.5 Å². The second-order valence-corrected chi connectivity index (χ2v) is 7.16. The largest absolute Gasteiger partial charge is 0.392 e. The van der Waals surface area contributed by atoms with E-state index in [4.69, 9.17) is 18.0 Å². The zero-order valence-corrected chi connectivity index (χ0v) is 13.7. The molecule has 20 heavy (non-hydrogen) atoms. The van der Waals surface area contributed by atoms with Crippen LogP contribution in [0.4, 0.5) is 0 Å². The second-order valence-electron chi connectivity index (χ2n) is 6.72. The molecule has 1 aliphatic heterocycles. The zero-order chi connectivity index (χ0) is 14.8. The Morgan fingerprint density at radius 2 is 1.75 bits per heavy atom. The van der Waals surface area contributed by atoms with Gasteiger partial charge >= 0.3 is 0 Å². The number of carbonyl (C=O) groups excluding carboxylic acids is 1. The monoisotopic (exact) mass is 296 g/mol. The number of likely N-dealkylation sites (tertiary alicyclic amines) is 1. The molecule has 1 heterocycles. The van der Waals surface area contributed by atoms with Crippen LogP contribution < -0.4 is 5.73 Å². The van der Waals surface area contributed by atoms with E-state index < -0.39 is 5.41 Å². The fourth-order valence-corrected chi connectivity index (χ4v) is 4.09. The SMILES string of the molecule is CC1CCCN(C(=O)C2(C(N)=S)CCCCCC2)C1C. The molecule has 2 aliphatic rings. The van der Waals surface area contributed by atoms with Crippen molar-refractivity contribution < 1.29 is 4.79 Å². The highest BCUT2D eigenvalue weighted by atomic mass is 32.1. The highest BCUT2D eigenvalue weighted by Gasteiger charge is 2.45. The topological polar surface area (TPSA) is 46.3 Å². The number of hydrogen-bond donors (Lipinski definition) is 1. The van der Waals surface area contributed by atoms with Crippen LogP contribution in [0.2, 0.25) is 0 Å². The maximum Gasteiger partial charge on any atom is 0.235 e. The van der Waals surface area contributed by atoms with Crippen molar-refractivity contribution in [1.29, 1.82) is 0 Å². The number of rotatable bonds is 2. The molecule has 2 rings (SSSR count). The third-order valence-corrected chi connectivity index (χ3v) is 5.86. The summed E-state index contributed by atoms with van der Waals surface area (Å²) in [6.45, 7) is 5.28. The first-order valence-corrected chi connectivity index (χ1v) is 8.51. The molecule has 1 saturated carbocycles. The molecule has 0 spiro atoms. The molecule has 0 radical (unpaired) electrons. The number of carbonyl (C=O) groups is 1. The minimum Gasteiger partial charge on any atom is -0.392 e. The third kappa shape index (κ3) is 2.85. The van der Waals surface area contributed by atoms with Gasteiger partial charge in [0, 0.05) is 12.6 Å². The molecule has 0 aromatic heterocycles. The fourth-order valence-electron chi connectivity index (χ4n) is 3.79. The smallest absolute Gasteiger partial charge is 0.235 e. The molecule has 1 saturated heterocycles. The van der Waals surface area contributed by atoms with Crippen LogP contribution >= 0.6 is 12.2 Å². The van der Waals surface area contributed by atoms with Gasteiger partial charge in [0.05, 0.1) is 10.4 Å². The molecule has 114 valence electrons. The van der Waals surface area contributed by atoms with Gasteiger partial charge in [-0.2, -0.15) is 0 Å². The molecule has 2 fully saturated rings. The quantitative estimate of drug-likeness (QED) is 0.628. The molecule has 2 unspecified atom stereocenters. The van der Waals surface area contributed by atoms with Crippen molar-refractivity contribution >= 4 is 23.1 Å². The molecule has 1 aliphatic carbocycles. The van der Waals surface area contributed by atoms with Gasteiger partial charge in [0.2, 0.25) is 5.91 Å². The van der Waals surface area contributed by atoms with Gasteiger partial charge in [0.25, 0.3) is 0 Å². The number of nitrogens with zero attached hydrogens (tertiary/aromatic N) is 1. The van der Waals surface area contributed by atoms with Crippen molar-refractivity contribution in [3.63, 3.8) is 0 Å². The van der Waals surface area contributed by atoms with E-state index in [0.717, 1.165) is 38.6 Å². The summed E-state index contributed by atoms with van der Waals surface area (Å²) in [5.74, 6) is 0.785. The maximum absolute atomic E-state index is 13.2. The Kier molecular flexibility index (Phi) is 5.05. The summed E-state index contributed by atoms with van der Waals surface area (Å²) >= 11 is 5.33. The molecular formula is C16H28N2OS. The van der Waals surface area contributed by atoms with E-state index >= 15 is 0 Å². The van der Waals surface area contributed by atoms with Gasteiger partial charge in [-0.1, -0.05) is 44.8 Å². The van der Waals surface area contributed by atoms with Crippen LogP contribution in [0.25, 0.3) is 0 Å². The van der Waals surface area contributed by atoms with E-state index in [0.29, 0.717) is 16.9 Å². The minimum absolute atomic E-state index is 0.214. The van der Waals surface area contributed by atoms with Crippen LogP contribution in [0.1, 0.15) is 65.2 Å². The van der Waals surface area contributed by atoms with Crippen molar-refractivity contribution in [2.75, 3.05) is 6.54 Å². The lowest BCUT2D eigenvalue weighted by molar-refractivity contribution is -0.143. The molecule has 0 aromatic rings. The Hall–Kier alpha value is -0.640. The van der Waals surface area contributed by atoms with E-state index in [-0.39, 0.29) is 5.91 Å². The predicted molar refractivity (Wildman–Crippen MR) is 86.5 cm³/mol. The lowest BCUT2D eigenvalue weighted by Gasteiger charge is -2.43. The highest BCUT2D eigenvalue weighted by molar-refractivity contribution is 7.80. The summed E-state index contributed by atoms with van der Waals surface area (Å²) in [6.07, 6.45) is 8.54. The third-order valence-electron chi connectivity index (χ3n) is 5.47. The molecule has 0 aromatic carbocycles. The lowest BCUT2D eigenvalue weighted by atomic mass is 9.77. The minimum atomic E-state index is -0.558. The van der Waals surface area contributed by atoms with Crippen molar-refractivity contribution in [3.05, 3.63) is 0 Å². The Balaban J connectivity index is 2.24. The standard InChI is InChI=1S/C16H28N2OS/c1-12-8-7-11-18(13(12)2)15(19)16(14(17)20)9-5-3-4-6-10-16/h12-13H,3-11H2,1-2H3,(H2,17,20). The van der Waals surface area contributed by atoms with Crippen molar-refractivity contribution in [3.8, 4) is 0 Å². The van der Waals surface area contributed by atoms with Gasteiger partial charge in [0.15, 0.2) is 0 Å². The summed E-state index contributed by atoms with van der Waals surface area (Å²) in [4.78, 5) is 15.7. The van der Waals surface area contributed by atoms with E-state index in [2.05, 4.69) is 18.7 Å². The first-order chi connectivity index (χ1) is 9.49. The van der Waals surface area contributed by atoms with E-state index in [9.17, 15) is 4.79 Å². The van der Waals surface area contributed by atoms with Crippen LogP contribution in [0.5, 0.6) is 0 Å². The van der Waals surface area contributed by atoms with E-state index in [1.165, 1.54) is 19.3 Å². The van der Waals surface area contributed by atoms with Gasteiger partial charge in [0.1, 0.15) is 0 Å². The first-order valence-electron chi connectivity index (χ1n) is 8.10. The summed E-state index contributed by atoms with van der Waals surface area (Å²) in [7, 11) is 0. The van der Waals surface area contributed by atoms with Crippen molar-refractivity contribution in [2.45, 2.75) is 71.3 Å². The summed E-state index contributed by atoms with van der Waals surface area (Å²) < 4.78 is 0. The molecule has 0 bridgehead atoms. The Bertz CT molecular complexity index is 375. The number of amides is 1. The summed E-state index contributed by atoms with van der Waals surface area (Å²) in [5, 5.41) is 0. The first kappa shape index (κ1) is 15.7. The van der Waals surface area contributed by atoms with Crippen LogP contribution in [0, 0.1) is 11.3 Å². The highest BCUT2D eigenvalue weighted by Crippen LogP contribution is 2.39. The van der Waals surface area contributed by atoms with Crippen LogP contribution in [0.15, 0.2) is 0 Å². The normalized spacial score (nSPS) is 30.6. The molecule has 1 amide bonds. The number of hydrogen-bond acceptors (Lipinski definition) is 2. The fraction of sp³-hybridized carbons (Fsp3) is 0.875. The summed E-state index contributed by atoms with van der Waals surface area (Å²) in [6, 6.07) is 0.311. The average Bonchev–Trinajstić information content (AvgIpc) is 2.68. The molecule has 4 heteroatoms. The molecule has 2 atom stereocenters.